The number of hydrogen-bond donors (Lipinski definition) is 1. The fraction of sp³-hybridized carbons (Fsp3) is 0.294. The third-order valence-electron chi connectivity index (χ3n) is 3.31. The molecule has 0 spiro atoms. The van der Waals surface area contributed by atoms with Gasteiger partial charge in [-0.1, -0.05) is 44.0 Å². The Labute approximate surface area is 123 Å². The highest BCUT2D eigenvalue weighted by Gasteiger charge is 2.19. The van der Waals surface area contributed by atoms with Crippen LogP contribution in [-0.4, -0.2) is 0 Å². The molecule has 2 rings (SSSR count). The third kappa shape index (κ3) is 3.79. The maximum Gasteiger partial charge on any atom is 0.198 e. The molecule has 4 heteroatoms. The summed E-state index contributed by atoms with van der Waals surface area (Å²) < 4.78 is 33.6. The van der Waals surface area contributed by atoms with Crippen molar-refractivity contribution in [3.8, 4) is 11.5 Å². The van der Waals surface area contributed by atoms with Gasteiger partial charge in [-0.25, -0.2) is 8.78 Å². The number of benzene rings is 2. The van der Waals surface area contributed by atoms with Gasteiger partial charge in [0.05, 0.1) is 0 Å². The minimum absolute atomic E-state index is 0.288. The number of rotatable bonds is 6. The molecule has 2 aromatic rings. The summed E-state index contributed by atoms with van der Waals surface area (Å²) in [6, 6.07) is 10.7. The van der Waals surface area contributed by atoms with Crippen LogP contribution in [0.5, 0.6) is 11.5 Å². The van der Waals surface area contributed by atoms with E-state index < -0.39 is 23.4 Å². The fourth-order valence-corrected chi connectivity index (χ4v) is 2.11. The SMILES string of the molecule is CCCCC(N)c1ccc(F)c(Oc2ccccc2)c1F. The molecule has 0 amide bonds. The lowest BCUT2D eigenvalue weighted by molar-refractivity contribution is 0.400. The van der Waals surface area contributed by atoms with E-state index in [1.54, 1.807) is 30.3 Å². The molecule has 0 bridgehead atoms. The minimum Gasteiger partial charge on any atom is -0.451 e. The molecule has 0 saturated carbocycles. The highest BCUT2D eigenvalue weighted by molar-refractivity contribution is 5.38. The molecule has 2 nitrogen and oxygen atoms in total. The highest BCUT2D eigenvalue weighted by Crippen LogP contribution is 2.32. The van der Waals surface area contributed by atoms with E-state index in [0.717, 1.165) is 12.8 Å². The molecule has 0 aromatic heterocycles. The van der Waals surface area contributed by atoms with E-state index in [9.17, 15) is 8.78 Å². The Morgan fingerprint density at radius 2 is 1.81 bits per heavy atom. The van der Waals surface area contributed by atoms with Crippen LogP contribution in [-0.2, 0) is 0 Å². The van der Waals surface area contributed by atoms with Crippen LogP contribution in [0.2, 0.25) is 0 Å². The molecule has 0 saturated heterocycles. The number of hydrogen-bond acceptors (Lipinski definition) is 2. The predicted octanol–water partition coefficient (Wildman–Crippen LogP) is 4.95. The molecule has 0 aliphatic rings. The van der Waals surface area contributed by atoms with Crippen LogP contribution in [0, 0.1) is 11.6 Å². The van der Waals surface area contributed by atoms with Crippen LogP contribution in [0.25, 0.3) is 0 Å². The zero-order valence-corrected chi connectivity index (χ0v) is 12.0. The van der Waals surface area contributed by atoms with Gasteiger partial charge in [-0.2, -0.15) is 0 Å². The maximum absolute atomic E-state index is 14.5. The first-order valence-electron chi connectivity index (χ1n) is 7.09. The van der Waals surface area contributed by atoms with E-state index in [1.165, 1.54) is 12.1 Å². The van der Waals surface area contributed by atoms with Crippen molar-refractivity contribution >= 4 is 0 Å². The normalized spacial score (nSPS) is 12.2. The number of nitrogens with two attached hydrogens (primary N) is 1. The van der Waals surface area contributed by atoms with Gasteiger partial charge in [-0.3, -0.25) is 0 Å². The summed E-state index contributed by atoms with van der Waals surface area (Å²) in [5.74, 6) is -1.47. The van der Waals surface area contributed by atoms with E-state index >= 15 is 0 Å². The molecule has 1 atom stereocenters. The minimum atomic E-state index is -0.734. The second kappa shape index (κ2) is 7.18. The molecule has 0 aliphatic heterocycles. The largest absolute Gasteiger partial charge is 0.451 e. The van der Waals surface area contributed by atoms with Crippen molar-refractivity contribution < 1.29 is 13.5 Å². The molecule has 2 aromatic carbocycles. The van der Waals surface area contributed by atoms with Crippen molar-refractivity contribution in [2.75, 3.05) is 0 Å². The van der Waals surface area contributed by atoms with Crippen molar-refractivity contribution in [2.45, 2.75) is 32.2 Å². The smallest absolute Gasteiger partial charge is 0.198 e. The van der Waals surface area contributed by atoms with Crippen LogP contribution in [0.15, 0.2) is 42.5 Å². The Morgan fingerprint density at radius 1 is 1.10 bits per heavy atom. The van der Waals surface area contributed by atoms with Gasteiger partial charge in [0.15, 0.2) is 17.4 Å². The van der Waals surface area contributed by atoms with Gasteiger partial charge in [-0.05, 0) is 24.6 Å². The second-order valence-corrected chi connectivity index (χ2v) is 4.94. The molecule has 112 valence electrons. The lowest BCUT2D eigenvalue weighted by Crippen LogP contribution is -2.13. The number of halogens is 2. The summed E-state index contributed by atoms with van der Waals surface area (Å²) >= 11 is 0. The van der Waals surface area contributed by atoms with E-state index in [0.29, 0.717) is 12.2 Å². The lowest BCUT2D eigenvalue weighted by Gasteiger charge is -2.15. The van der Waals surface area contributed by atoms with Gasteiger partial charge < -0.3 is 10.5 Å². The third-order valence-corrected chi connectivity index (χ3v) is 3.31. The van der Waals surface area contributed by atoms with Gasteiger partial charge in [0, 0.05) is 11.6 Å². The highest BCUT2D eigenvalue weighted by atomic mass is 19.1. The lowest BCUT2D eigenvalue weighted by atomic mass is 10.0. The van der Waals surface area contributed by atoms with Crippen molar-refractivity contribution in [3.63, 3.8) is 0 Å². The van der Waals surface area contributed by atoms with E-state index in [-0.39, 0.29) is 5.56 Å². The van der Waals surface area contributed by atoms with E-state index in [2.05, 4.69) is 0 Å². The van der Waals surface area contributed by atoms with Crippen LogP contribution in [0.3, 0.4) is 0 Å². The monoisotopic (exact) mass is 291 g/mol. The first kappa shape index (κ1) is 15.4. The van der Waals surface area contributed by atoms with Gasteiger partial charge in [-0.15, -0.1) is 0 Å². The van der Waals surface area contributed by atoms with Gasteiger partial charge in [0.25, 0.3) is 0 Å². The summed E-state index contributed by atoms with van der Waals surface area (Å²) in [7, 11) is 0. The zero-order chi connectivity index (χ0) is 15.2. The molecule has 1 unspecified atom stereocenters. The van der Waals surface area contributed by atoms with Crippen LogP contribution < -0.4 is 10.5 Å². The first-order valence-corrected chi connectivity index (χ1v) is 7.09. The average Bonchev–Trinajstić information content (AvgIpc) is 2.50. The molecule has 0 radical (unpaired) electrons. The second-order valence-electron chi connectivity index (χ2n) is 4.94. The van der Waals surface area contributed by atoms with Crippen molar-refractivity contribution in [1.82, 2.24) is 0 Å². The molecule has 0 fully saturated rings. The van der Waals surface area contributed by atoms with Crippen molar-refractivity contribution in [1.29, 1.82) is 0 Å². The zero-order valence-electron chi connectivity index (χ0n) is 12.0. The standard InChI is InChI=1S/C17H19F2NO/c1-2-3-9-15(20)13-10-11-14(18)17(16(13)19)21-12-7-5-4-6-8-12/h4-8,10-11,15H,2-3,9,20H2,1H3. The van der Waals surface area contributed by atoms with Gasteiger partial charge in [0.2, 0.25) is 0 Å². The Morgan fingerprint density at radius 3 is 2.48 bits per heavy atom. The van der Waals surface area contributed by atoms with Gasteiger partial charge in [0.1, 0.15) is 5.75 Å². The number of unbranched alkanes of at least 4 members (excludes halogenated alkanes) is 1. The van der Waals surface area contributed by atoms with E-state index in [1.807, 2.05) is 6.92 Å². The summed E-state index contributed by atoms with van der Waals surface area (Å²) in [4.78, 5) is 0. The van der Waals surface area contributed by atoms with Crippen LogP contribution in [0.4, 0.5) is 8.78 Å². The Balaban J connectivity index is 2.28. The first-order chi connectivity index (χ1) is 10.1. The average molecular weight is 291 g/mol. The molecule has 0 heterocycles. The molecule has 0 aliphatic carbocycles. The fourth-order valence-electron chi connectivity index (χ4n) is 2.11. The van der Waals surface area contributed by atoms with Crippen LogP contribution in [0.1, 0.15) is 37.8 Å². The van der Waals surface area contributed by atoms with Crippen LogP contribution >= 0.6 is 0 Å². The Hall–Kier alpha value is -1.94. The number of para-hydroxylation sites is 1. The molecular weight excluding hydrogens is 272 g/mol. The number of ether oxygens (including phenoxy) is 1. The van der Waals surface area contributed by atoms with Crippen molar-refractivity contribution in [2.24, 2.45) is 5.73 Å². The van der Waals surface area contributed by atoms with Gasteiger partial charge >= 0.3 is 0 Å². The quantitative estimate of drug-likeness (QED) is 0.817. The molecule has 2 N–H and O–H groups in total. The summed E-state index contributed by atoms with van der Waals surface area (Å²) in [5.41, 5.74) is 6.26. The Bertz CT molecular complexity index is 587. The summed E-state index contributed by atoms with van der Waals surface area (Å²) in [5, 5.41) is 0. The summed E-state index contributed by atoms with van der Waals surface area (Å²) in [6.45, 7) is 2.04. The predicted molar refractivity (Wildman–Crippen MR) is 79.3 cm³/mol. The Kier molecular flexibility index (Phi) is 5.28. The van der Waals surface area contributed by atoms with E-state index in [4.69, 9.17) is 10.5 Å². The molecule has 21 heavy (non-hydrogen) atoms. The summed E-state index contributed by atoms with van der Waals surface area (Å²) in [6.07, 6.45) is 2.53. The molecular formula is C17H19F2NO. The maximum atomic E-state index is 14.5. The van der Waals surface area contributed by atoms with Crippen molar-refractivity contribution in [3.05, 3.63) is 59.7 Å². The topological polar surface area (TPSA) is 35.2 Å².